The number of hydrogen-bond acceptors (Lipinski definition) is 4. The van der Waals surface area contributed by atoms with Gasteiger partial charge in [-0.3, -0.25) is 4.79 Å². The minimum Gasteiger partial charge on any atom is -0.397 e. The molecule has 0 bridgehead atoms. The summed E-state index contributed by atoms with van der Waals surface area (Å²) in [4.78, 5) is 15.8. The average molecular weight is 277 g/mol. The van der Waals surface area contributed by atoms with Crippen molar-refractivity contribution in [2.45, 2.75) is 18.9 Å². The Labute approximate surface area is 120 Å². The van der Waals surface area contributed by atoms with Crippen LogP contribution in [0.15, 0.2) is 18.2 Å². The summed E-state index contributed by atoms with van der Waals surface area (Å²) in [6.45, 7) is 1.50. The van der Waals surface area contributed by atoms with Crippen molar-refractivity contribution in [1.29, 1.82) is 0 Å². The lowest BCUT2D eigenvalue weighted by Crippen LogP contribution is -2.30. The Kier molecular flexibility index (Phi) is 4.49. The molecule has 1 saturated carbocycles. The largest absolute Gasteiger partial charge is 0.397 e. The van der Waals surface area contributed by atoms with E-state index in [1.807, 2.05) is 12.1 Å². The van der Waals surface area contributed by atoms with E-state index in [1.54, 1.807) is 32.2 Å². The molecule has 5 nitrogen and oxygen atoms in total. The molecule has 0 saturated heterocycles. The van der Waals surface area contributed by atoms with E-state index in [-0.39, 0.29) is 5.91 Å². The van der Waals surface area contributed by atoms with Gasteiger partial charge in [0.15, 0.2) is 0 Å². The number of ether oxygens (including phenoxy) is 1. The minimum absolute atomic E-state index is 0.0295. The third-order valence-corrected chi connectivity index (χ3v) is 3.51. The van der Waals surface area contributed by atoms with Gasteiger partial charge in [-0.15, -0.1) is 0 Å². The van der Waals surface area contributed by atoms with Crippen LogP contribution < -0.4 is 10.6 Å². The second kappa shape index (κ2) is 6.13. The Morgan fingerprint density at radius 1 is 1.40 bits per heavy atom. The topological polar surface area (TPSA) is 58.8 Å². The van der Waals surface area contributed by atoms with Crippen LogP contribution >= 0.6 is 0 Å². The third kappa shape index (κ3) is 3.22. The van der Waals surface area contributed by atoms with Crippen molar-refractivity contribution in [2.24, 2.45) is 0 Å². The number of nitrogens with two attached hydrogens (primary N) is 1. The van der Waals surface area contributed by atoms with E-state index in [4.69, 9.17) is 10.5 Å². The zero-order valence-electron chi connectivity index (χ0n) is 12.4. The highest BCUT2D eigenvalue weighted by molar-refractivity contribution is 5.95. The Morgan fingerprint density at radius 3 is 2.60 bits per heavy atom. The number of hydrogen-bond donors (Lipinski definition) is 1. The van der Waals surface area contributed by atoms with Crippen LogP contribution in [0.4, 0.5) is 11.4 Å². The van der Waals surface area contributed by atoms with Crippen molar-refractivity contribution >= 4 is 17.3 Å². The molecule has 1 fully saturated rings. The fraction of sp³-hybridized carbons (Fsp3) is 0.533. The average Bonchev–Trinajstić information content (AvgIpc) is 3.24. The molecule has 0 unspecified atom stereocenters. The molecule has 1 aliphatic rings. The summed E-state index contributed by atoms with van der Waals surface area (Å²) < 4.78 is 5.16. The van der Waals surface area contributed by atoms with Crippen LogP contribution in [-0.4, -0.2) is 51.2 Å². The molecule has 1 amide bonds. The van der Waals surface area contributed by atoms with Crippen molar-refractivity contribution in [3.8, 4) is 0 Å². The highest BCUT2D eigenvalue weighted by Crippen LogP contribution is 2.35. The van der Waals surface area contributed by atoms with Gasteiger partial charge in [0.05, 0.1) is 18.0 Å². The van der Waals surface area contributed by atoms with Crippen molar-refractivity contribution in [3.63, 3.8) is 0 Å². The maximum atomic E-state index is 11.9. The molecule has 0 radical (unpaired) electrons. The second-order valence-electron chi connectivity index (χ2n) is 5.39. The molecule has 20 heavy (non-hydrogen) atoms. The van der Waals surface area contributed by atoms with Crippen molar-refractivity contribution in [2.75, 3.05) is 45.0 Å². The summed E-state index contributed by atoms with van der Waals surface area (Å²) in [7, 11) is 5.18. The first-order valence-corrected chi connectivity index (χ1v) is 6.91. The summed E-state index contributed by atoms with van der Waals surface area (Å²) in [5, 5.41) is 0. The van der Waals surface area contributed by atoms with Gasteiger partial charge in [-0.2, -0.15) is 0 Å². The van der Waals surface area contributed by atoms with Crippen LogP contribution in [0.25, 0.3) is 0 Å². The highest BCUT2D eigenvalue weighted by Gasteiger charge is 2.30. The molecule has 1 aromatic rings. The molecule has 0 atom stereocenters. The molecule has 1 aliphatic carbocycles. The van der Waals surface area contributed by atoms with Gasteiger partial charge in [0.1, 0.15) is 0 Å². The van der Waals surface area contributed by atoms with Gasteiger partial charge in [0.25, 0.3) is 5.91 Å². The van der Waals surface area contributed by atoms with E-state index in [2.05, 4.69) is 4.90 Å². The molecule has 2 N–H and O–H groups in total. The van der Waals surface area contributed by atoms with Gasteiger partial charge in [0.2, 0.25) is 0 Å². The molecule has 1 aromatic carbocycles. The maximum Gasteiger partial charge on any atom is 0.253 e. The molecule has 0 aliphatic heterocycles. The lowest BCUT2D eigenvalue weighted by Gasteiger charge is -2.26. The first-order chi connectivity index (χ1) is 9.54. The zero-order valence-corrected chi connectivity index (χ0v) is 12.4. The number of amides is 1. The van der Waals surface area contributed by atoms with Gasteiger partial charge < -0.3 is 20.3 Å². The number of anilines is 2. The van der Waals surface area contributed by atoms with Crippen LogP contribution in [0, 0.1) is 0 Å². The quantitative estimate of drug-likeness (QED) is 0.802. The Balaban J connectivity index is 2.21. The SMILES string of the molecule is COCCN(c1ccc(C(=O)N(C)C)cc1N)C1CC1. The molecule has 5 heteroatoms. The first-order valence-electron chi connectivity index (χ1n) is 6.91. The molecule has 0 spiro atoms. The standard InChI is InChI=1S/C15H23N3O2/c1-17(2)15(19)11-4-7-14(13(16)10-11)18(8-9-20-3)12-5-6-12/h4,7,10,12H,5-6,8-9,16H2,1-3H3. The summed E-state index contributed by atoms with van der Waals surface area (Å²) in [6, 6.07) is 6.11. The Hall–Kier alpha value is -1.75. The number of nitrogens with zero attached hydrogens (tertiary/aromatic N) is 2. The highest BCUT2D eigenvalue weighted by atomic mass is 16.5. The van der Waals surface area contributed by atoms with Gasteiger partial charge in [-0.25, -0.2) is 0 Å². The van der Waals surface area contributed by atoms with Crippen LogP contribution in [0.1, 0.15) is 23.2 Å². The lowest BCUT2D eigenvalue weighted by atomic mass is 10.1. The van der Waals surface area contributed by atoms with E-state index >= 15 is 0 Å². The predicted molar refractivity (Wildman–Crippen MR) is 81.1 cm³/mol. The molecule has 2 rings (SSSR count). The number of carbonyl (C=O) groups is 1. The number of methoxy groups -OCH3 is 1. The van der Waals surface area contributed by atoms with Crippen molar-refractivity contribution < 1.29 is 9.53 Å². The Morgan fingerprint density at radius 2 is 2.10 bits per heavy atom. The van der Waals surface area contributed by atoms with Gasteiger partial charge in [0, 0.05) is 39.4 Å². The molecule has 110 valence electrons. The minimum atomic E-state index is -0.0295. The number of rotatable bonds is 6. The van der Waals surface area contributed by atoms with E-state index in [9.17, 15) is 4.79 Å². The third-order valence-electron chi connectivity index (χ3n) is 3.51. The second-order valence-corrected chi connectivity index (χ2v) is 5.39. The van der Waals surface area contributed by atoms with E-state index in [0.29, 0.717) is 23.9 Å². The molecule has 0 aromatic heterocycles. The zero-order chi connectivity index (χ0) is 14.7. The maximum absolute atomic E-state index is 11.9. The molecule has 0 heterocycles. The summed E-state index contributed by atoms with van der Waals surface area (Å²) in [6.07, 6.45) is 2.39. The summed E-state index contributed by atoms with van der Waals surface area (Å²) >= 11 is 0. The van der Waals surface area contributed by atoms with Crippen LogP contribution in [-0.2, 0) is 4.74 Å². The normalized spacial score (nSPS) is 14.2. The number of benzene rings is 1. The van der Waals surface area contributed by atoms with E-state index < -0.39 is 0 Å². The summed E-state index contributed by atoms with van der Waals surface area (Å²) in [5.41, 5.74) is 8.42. The van der Waals surface area contributed by atoms with Crippen molar-refractivity contribution in [1.82, 2.24) is 4.90 Å². The van der Waals surface area contributed by atoms with Crippen LogP contribution in [0.5, 0.6) is 0 Å². The van der Waals surface area contributed by atoms with Gasteiger partial charge >= 0.3 is 0 Å². The summed E-state index contributed by atoms with van der Waals surface area (Å²) in [5.74, 6) is -0.0295. The fourth-order valence-corrected chi connectivity index (χ4v) is 2.28. The van der Waals surface area contributed by atoms with E-state index in [0.717, 1.165) is 12.2 Å². The van der Waals surface area contributed by atoms with Gasteiger partial charge in [-0.05, 0) is 31.0 Å². The number of carbonyl (C=O) groups excluding carboxylic acids is 1. The molecular formula is C15H23N3O2. The van der Waals surface area contributed by atoms with Gasteiger partial charge in [-0.1, -0.05) is 0 Å². The van der Waals surface area contributed by atoms with Crippen LogP contribution in [0.2, 0.25) is 0 Å². The first kappa shape index (κ1) is 14.7. The molecular weight excluding hydrogens is 254 g/mol. The Bertz CT molecular complexity index is 484. The van der Waals surface area contributed by atoms with Crippen LogP contribution in [0.3, 0.4) is 0 Å². The number of nitrogen functional groups attached to an aromatic ring is 1. The lowest BCUT2D eigenvalue weighted by molar-refractivity contribution is 0.0827. The monoisotopic (exact) mass is 277 g/mol. The predicted octanol–water partition coefficient (Wildman–Crippen LogP) is 1.59. The van der Waals surface area contributed by atoms with Crippen molar-refractivity contribution in [3.05, 3.63) is 23.8 Å². The van der Waals surface area contributed by atoms with E-state index in [1.165, 1.54) is 12.8 Å². The fourth-order valence-electron chi connectivity index (χ4n) is 2.28. The smallest absolute Gasteiger partial charge is 0.253 e.